The molecule has 1 aromatic heterocycles. The Morgan fingerprint density at radius 1 is 1.38 bits per heavy atom. The number of halogens is 1. The van der Waals surface area contributed by atoms with E-state index in [0.717, 1.165) is 19.4 Å². The molecule has 0 bridgehead atoms. The van der Waals surface area contributed by atoms with Gasteiger partial charge < -0.3 is 10.4 Å². The summed E-state index contributed by atoms with van der Waals surface area (Å²) in [7, 11) is 0. The Kier molecular flexibility index (Phi) is 5.36. The molecule has 0 saturated heterocycles. The number of unbranched alkanes of at least 4 members (excludes halogenated alkanes) is 1. The summed E-state index contributed by atoms with van der Waals surface area (Å²) >= 11 is 5.93. The van der Waals surface area contributed by atoms with Crippen molar-refractivity contribution in [1.82, 2.24) is 15.1 Å². The summed E-state index contributed by atoms with van der Waals surface area (Å²) in [6, 6.07) is 8.04. The highest BCUT2D eigenvalue weighted by Gasteiger charge is 2.09. The third-order valence-electron chi connectivity index (χ3n) is 3.04. The lowest BCUT2D eigenvalue weighted by Crippen LogP contribution is -2.24. The van der Waals surface area contributed by atoms with Gasteiger partial charge in [-0.15, -0.1) is 0 Å². The number of aromatic nitrogens is 2. The van der Waals surface area contributed by atoms with Gasteiger partial charge in [-0.25, -0.2) is 0 Å². The number of nitrogens with one attached hydrogen (secondary N) is 1. The molecule has 0 spiro atoms. The van der Waals surface area contributed by atoms with Crippen LogP contribution in [0.3, 0.4) is 0 Å². The second-order valence-corrected chi connectivity index (χ2v) is 5.17. The predicted molar refractivity (Wildman–Crippen MR) is 83.1 cm³/mol. The fraction of sp³-hybridized carbons (Fsp3) is 0.333. The van der Waals surface area contributed by atoms with E-state index in [1.165, 1.54) is 10.7 Å². The quantitative estimate of drug-likeness (QED) is 0.805. The molecule has 0 atom stereocenters. The van der Waals surface area contributed by atoms with Crippen LogP contribution < -0.4 is 10.9 Å². The van der Waals surface area contributed by atoms with Gasteiger partial charge in [0.25, 0.3) is 5.56 Å². The van der Waals surface area contributed by atoms with E-state index in [2.05, 4.69) is 17.3 Å². The lowest BCUT2D eigenvalue weighted by molar-refractivity contribution is 0.451. The largest absolute Gasteiger partial charge is 0.506 e. The van der Waals surface area contributed by atoms with E-state index in [1.807, 2.05) is 0 Å². The van der Waals surface area contributed by atoms with Crippen LogP contribution in [0, 0.1) is 0 Å². The number of nitrogens with zero attached hydrogens (tertiary/aromatic N) is 2. The van der Waals surface area contributed by atoms with Crippen molar-refractivity contribution >= 4 is 11.6 Å². The van der Waals surface area contributed by atoms with Crippen molar-refractivity contribution in [2.45, 2.75) is 26.3 Å². The minimum atomic E-state index is -0.396. The second kappa shape index (κ2) is 7.24. The zero-order valence-corrected chi connectivity index (χ0v) is 12.6. The van der Waals surface area contributed by atoms with Crippen molar-refractivity contribution < 1.29 is 5.11 Å². The Morgan fingerprint density at radius 2 is 2.19 bits per heavy atom. The van der Waals surface area contributed by atoms with Crippen LogP contribution in [-0.4, -0.2) is 21.4 Å². The minimum Gasteiger partial charge on any atom is -0.506 e. The zero-order chi connectivity index (χ0) is 15.2. The van der Waals surface area contributed by atoms with Crippen LogP contribution in [0.1, 0.15) is 25.5 Å². The summed E-state index contributed by atoms with van der Waals surface area (Å²) in [5.41, 5.74) is 0.611. The van der Waals surface area contributed by atoms with Crippen molar-refractivity contribution in [3.63, 3.8) is 0 Å². The first-order valence-corrected chi connectivity index (χ1v) is 7.28. The summed E-state index contributed by atoms with van der Waals surface area (Å²) in [4.78, 5) is 12.0. The molecule has 1 heterocycles. The minimum absolute atomic E-state index is 0.0951. The van der Waals surface area contributed by atoms with E-state index in [1.54, 1.807) is 24.3 Å². The molecule has 0 aliphatic rings. The lowest BCUT2D eigenvalue weighted by Gasteiger charge is -2.10. The molecule has 2 N–H and O–H groups in total. The molecule has 0 radical (unpaired) electrons. The summed E-state index contributed by atoms with van der Waals surface area (Å²) < 4.78 is 1.24. The van der Waals surface area contributed by atoms with Crippen LogP contribution >= 0.6 is 11.6 Å². The van der Waals surface area contributed by atoms with Crippen LogP contribution in [-0.2, 0) is 6.54 Å². The van der Waals surface area contributed by atoms with Crippen molar-refractivity contribution in [2.75, 3.05) is 6.54 Å². The predicted octanol–water partition coefficient (Wildman–Crippen LogP) is 2.48. The third kappa shape index (κ3) is 4.06. The SMILES string of the molecule is CCCCNCc1nn(-c2cccc(Cl)c2)c(=O)cc1O. The number of aromatic hydroxyl groups is 1. The highest BCUT2D eigenvalue weighted by Crippen LogP contribution is 2.15. The van der Waals surface area contributed by atoms with E-state index in [-0.39, 0.29) is 5.75 Å². The van der Waals surface area contributed by atoms with Crippen LogP contribution in [0.2, 0.25) is 5.02 Å². The topological polar surface area (TPSA) is 67.2 Å². The average Bonchev–Trinajstić information content (AvgIpc) is 2.45. The van der Waals surface area contributed by atoms with E-state index in [0.29, 0.717) is 22.9 Å². The van der Waals surface area contributed by atoms with Gasteiger partial charge in [-0.3, -0.25) is 4.79 Å². The molecule has 2 aromatic rings. The van der Waals surface area contributed by atoms with Crippen molar-refractivity contribution in [2.24, 2.45) is 0 Å². The van der Waals surface area contributed by atoms with Gasteiger partial charge in [-0.2, -0.15) is 9.78 Å². The van der Waals surface area contributed by atoms with Crippen LogP contribution in [0.4, 0.5) is 0 Å². The summed E-state index contributed by atoms with van der Waals surface area (Å²) in [5, 5.41) is 17.8. The van der Waals surface area contributed by atoms with Gasteiger partial charge in [0.05, 0.1) is 5.69 Å². The molecule has 0 unspecified atom stereocenters. The number of benzene rings is 1. The smallest absolute Gasteiger partial charge is 0.275 e. The van der Waals surface area contributed by atoms with Crippen molar-refractivity contribution in [3.05, 3.63) is 51.4 Å². The molecule has 5 nitrogen and oxygen atoms in total. The zero-order valence-electron chi connectivity index (χ0n) is 11.8. The van der Waals surface area contributed by atoms with E-state index < -0.39 is 5.56 Å². The van der Waals surface area contributed by atoms with E-state index in [9.17, 15) is 9.90 Å². The van der Waals surface area contributed by atoms with Crippen molar-refractivity contribution in [1.29, 1.82) is 0 Å². The molecular weight excluding hydrogens is 290 g/mol. The first-order valence-electron chi connectivity index (χ1n) is 6.90. The second-order valence-electron chi connectivity index (χ2n) is 4.74. The fourth-order valence-corrected chi connectivity index (χ4v) is 2.09. The molecule has 6 heteroatoms. The molecule has 2 rings (SSSR count). The summed E-state index contributed by atoms with van der Waals surface area (Å²) in [6.45, 7) is 3.36. The average molecular weight is 308 g/mol. The number of hydrogen-bond acceptors (Lipinski definition) is 4. The van der Waals surface area contributed by atoms with Crippen LogP contribution in [0.25, 0.3) is 5.69 Å². The highest BCUT2D eigenvalue weighted by molar-refractivity contribution is 6.30. The standard InChI is InChI=1S/C15H18ClN3O2/c1-2-3-7-17-10-13-14(20)9-15(21)19(18-13)12-6-4-5-11(16)8-12/h4-6,8-9,17,20H,2-3,7,10H2,1H3. The molecular formula is C15H18ClN3O2. The van der Waals surface area contributed by atoms with Gasteiger partial charge in [0.15, 0.2) is 0 Å². The molecule has 112 valence electrons. The van der Waals surface area contributed by atoms with Gasteiger partial charge in [-0.1, -0.05) is 31.0 Å². The highest BCUT2D eigenvalue weighted by atomic mass is 35.5. The van der Waals surface area contributed by atoms with Crippen LogP contribution in [0.5, 0.6) is 5.75 Å². The van der Waals surface area contributed by atoms with Gasteiger partial charge in [0, 0.05) is 17.6 Å². The first-order chi connectivity index (χ1) is 10.1. The molecule has 0 aliphatic heterocycles. The monoisotopic (exact) mass is 307 g/mol. The van der Waals surface area contributed by atoms with Gasteiger partial charge in [0.1, 0.15) is 11.4 Å². The molecule has 21 heavy (non-hydrogen) atoms. The summed E-state index contributed by atoms with van der Waals surface area (Å²) in [5.74, 6) is -0.0951. The Bertz CT molecular complexity index is 670. The Morgan fingerprint density at radius 3 is 2.90 bits per heavy atom. The third-order valence-corrected chi connectivity index (χ3v) is 3.27. The first kappa shape index (κ1) is 15.5. The Labute approximate surface area is 128 Å². The maximum atomic E-state index is 12.0. The maximum Gasteiger partial charge on any atom is 0.275 e. The summed E-state index contributed by atoms with van der Waals surface area (Å²) in [6.07, 6.45) is 2.14. The lowest BCUT2D eigenvalue weighted by atomic mass is 10.3. The van der Waals surface area contributed by atoms with Crippen LogP contribution in [0.15, 0.2) is 35.1 Å². The molecule has 0 saturated carbocycles. The molecule has 0 fully saturated rings. The maximum absolute atomic E-state index is 12.0. The number of rotatable bonds is 6. The Balaban J connectivity index is 2.28. The molecule has 0 aliphatic carbocycles. The molecule has 1 aromatic carbocycles. The fourth-order valence-electron chi connectivity index (χ4n) is 1.91. The van der Waals surface area contributed by atoms with E-state index in [4.69, 9.17) is 11.6 Å². The van der Waals surface area contributed by atoms with Gasteiger partial charge >= 0.3 is 0 Å². The van der Waals surface area contributed by atoms with Crippen molar-refractivity contribution in [3.8, 4) is 11.4 Å². The van der Waals surface area contributed by atoms with E-state index >= 15 is 0 Å². The Hall–Kier alpha value is -1.85. The normalized spacial score (nSPS) is 10.8. The molecule has 0 amide bonds. The number of hydrogen-bond donors (Lipinski definition) is 2. The van der Waals surface area contributed by atoms with Gasteiger partial charge in [-0.05, 0) is 31.2 Å². The van der Waals surface area contributed by atoms with Gasteiger partial charge in [0.2, 0.25) is 0 Å².